The first-order chi connectivity index (χ1) is 0. The van der Waals surface area contributed by atoms with E-state index in [1.54, 1.807) is 0 Å². The maximum atomic E-state index is 0. The molecule has 0 saturated carbocycles. The zero-order valence-corrected chi connectivity index (χ0v) is 0.408. The third kappa shape index (κ3) is 8.85. The van der Waals surface area contributed by atoms with Crippen molar-refractivity contribution in [2.45, 2.75) is 0 Å². The Bertz CT molecular complexity index is 8.00. The fourth-order valence-electron chi connectivity index (χ4n) is 0. The van der Waals surface area contributed by atoms with Gasteiger partial charge in [-0.05, 0) is 0 Å². The Morgan fingerprint density at radius 1 is 1.00 bits per heavy atom. The summed E-state index contributed by atoms with van der Waals surface area (Å²) in [4.78, 5) is 0. The van der Waals surface area contributed by atoms with Gasteiger partial charge in [0.05, 0.1) is 0 Å². The van der Waals surface area contributed by atoms with Crippen molar-refractivity contribution in [1.82, 2.24) is 0 Å². The van der Waals surface area contributed by atoms with E-state index in [1.807, 2.05) is 0 Å². The zero-order valence-electron chi connectivity index (χ0n) is 0.408. The summed E-state index contributed by atoms with van der Waals surface area (Å²) in [7, 11) is 0. The van der Waals surface area contributed by atoms with Crippen LogP contribution in [-0.4, -0.2) is 74.0 Å². The Morgan fingerprint density at radius 2 is 1.00 bits per heavy atom. The summed E-state index contributed by atoms with van der Waals surface area (Å²) < 4.78 is 0. The Balaban J connectivity index is 0. The van der Waals surface area contributed by atoms with E-state index < -0.39 is 0 Å². The van der Waals surface area contributed by atoms with Crippen LogP contribution < -0.4 is 0 Å². The molecule has 0 aliphatic rings. The van der Waals surface area contributed by atoms with Crippen molar-refractivity contribution in [2.75, 3.05) is 0 Å². The monoisotopic (exact) mass is 100 g/mol. The summed E-state index contributed by atoms with van der Waals surface area (Å²) in [6, 6.07) is 0. The van der Waals surface area contributed by atoms with Crippen LogP contribution >= 0.6 is 0 Å². The van der Waals surface area contributed by atoms with Crippen LogP contribution in [0.15, 0.2) is 0 Å². The standard InChI is InChI=1S/Al.Ca.FH.Li.6H/h;;1H;;;;;;;. The van der Waals surface area contributed by atoms with Crippen LogP contribution in [-0.2, 0) is 0 Å². The minimum atomic E-state index is 0. The molecule has 0 saturated heterocycles. The van der Waals surface area contributed by atoms with Gasteiger partial charge in [-0.2, -0.15) is 0 Å². The first kappa shape index (κ1) is 33.2. The second kappa shape index (κ2) is 18.4. The Morgan fingerprint density at radius 3 is 1.00 bits per heavy atom. The van der Waals surface area contributed by atoms with E-state index in [9.17, 15) is 0 Å². The van der Waals surface area contributed by atoms with E-state index in [0.29, 0.717) is 0 Å². The van der Waals surface area contributed by atoms with Crippen LogP contribution in [0.4, 0.5) is 4.70 Å². The molecule has 0 aliphatic carbocycles. The number of hydrogen-bond donors (Lipinski definition) is 0. The summed E-state index contributed by atoms with van der Waals surface area (Å²) in [5.41, 5.74) is 0. The van der Waals surface area contributed by atoms with Crippen molar-refractivity contribution in [3.63, 3.8) is 0 Å². The quantitative estimate of drug-likeness (QED) is 0.293. The summed E-state index contributed by atoms with van der Waals surface area (Å²) in [6.07, 6.45) is 0. The molecule has 0 rings (SSSR count). The fraction of sp³-hybridized carbons (Fsp3) is 0. The third-order valence-corrected chi connectivity index (χ3v) is 0. The average molecular weight is 100 g/mol. The van der Waals surface area contributed by atoms with Gasteiger partial charge < -0.3 is 0 Å². The van der Waals surface area contributed by atoms with Crippen molar-refractivity contribution >= 4 is 74.0 Å². The molecule has 4 heteroatoms. The van der Waals surface area contributed by atoms with Crippen LogP contribution in [0.2, 0.25) is 0 Å². The third-order valence-electron chi connectivity index (χ3n) is 0. The molecule has 0 N–H and O–H groups in total. The molecule has 0 atom stereocenters. The van der Waals surface area contributed by atoms with E-state index >= 15 is 0 Å². The van der Waals surface area contributed by atoms with E-state index in [2.05, 4.69) is 0 Å². The molecular formula is H7AlCaFLi. The van der Waals surface area contributed by atoms with Gasteiger partial charge in [-0.3, -0.25) is 4.70 Å². The first-order valence-corrected chi connectivity index (χ1v) is 0. The van der Waals surface area contributed by atoms with Crippen molar-refractivity contribution in [1.29, 1.82) is 0 Å². The maximum absolute atomic E-state index is 0. The van der Waals surface area contributed by atoms with Crippen molar-refractivity contribution in [3.05, 3.63) is 0 Å². The van der Waals surface area contributed by atoms with E-state index in [0.717, 1.165) is 0 Å². The molecule has 0 fully saturated rings. The second-order valence-corrected chi connectivity index (χ2v) is 0. The van der Waals surface area contributed by atoms with Gasteiger partial charge in [0, 0.05) is 0 Å². The first-order valence-electron chi connectivity index (χ1n) is 0. The molecule has 0 heterocycles. The predicted octanol–water partition coefficient (Wildman–Crippen LogP) is -2.60. The number of hydrogen-bond acceptors (Lipinski definition) is 0. The molecule has 0 aromatic rings. The molecule has 20 valence electrons. The average Bonchev–Trinajstić information content (AvgIpc) is 0. The number of rotatable bonds is 0. The Kier molecular flexibility index (Phi) is 153. The van der Waals surface area contributed by atoms with Crippen LogP contribution in [0, 0.1) is 0 Å². The van der Waals surface area contributed by atoms with Crippen molar-refractivity contribution in [3.8, 4) is 0 Å². The summed E-state index contributed by atoms with van der Waals surface area (Å²) in [5.74, 6) is 0. The summed E-state index contributed by atoms with van der Waals surface area (Å²) >= 11 is 0. The zero-order chi connectivity index (χ0) is 0. The molecule has 0 amide bonds. The van der Waals surface area contributed by atoms with Gasteiger partial charge >= 0.3 is 56.6 Å². The molecule has 0 nitrogen and oxygen atoms in total. The molecule has 0 aromatic heterocycles. The SMILES string of the molecule is F.[AlH3].[CaH2].[LiH]. The van der Waals surface area contributed by atoms with Gasteiger partial charge in [0.2, 0.25) is 0 Å². The van der Waals surface area contributed by atoms with E-state index in [4.69, 9.17) is 0 Å². The topological polar surface area (TPSA) is 0 Å². The van der Waals surface area contributed by atoms with Gasteiger partial charge in [-0.1, -0.05) is 0 Å². The van der Waals surface area contributed by atoms with Gasteiger partial charge in [0.1, 0.15) is 0 Å². The Hall–Kier alpha value is 2.32. The minimum absolute atomic E-state index is 0. The van der Waals surface area contributed by atoms with Gasteiger partial charge in [-0.25, -0.2) is 0 Å². The molecular weight excluding hydrogens is 93.0 g/mol. The number of halogens is 1. The van der Waals surface area contributed by atoms with Crippen LogP contribution in [0.1, 0.15) is 0 Å². The van der Waals surface area contributed by atoms with Gasteiger partial charge in [-0.15, -0.1) is 0 Å². The van der Waals surface area contributed by atoms with Crippen LogP contribution in [0.5, 0.6) is 0 Å². The molecule has 0 bridgehead atoms. The second-order valence-electron chi connectivity index (χ2n) is 0. The van der Waals surface area contributed by atoms with Crippen LogP contribution in [0.3, 0.4) is 0 Å². The van der Waals surface area contributed by atoms with E-state index in [-0.39, 0.29) is 78.7 Å². The molecule has 0 aliphatic heterocycles. The normalized spacial score (nSPS) is 0. The van der Waals surface area contributed by atoms with Crippen molar-refractivity contribution < 1.29 is 4.70 Å². The molecule has 0 radical (unpaired) electrons. The van der Waals surface area contributed by atoms with Crippen LogP contribution in [0.25, 0.3) is 0 Å². The van der Waals surface area contributed by atoms with E-state index in [1.165, 1.54) is 0 Å². The summed E-state index contributed by atoms with van der Waals surface area (Å²) in [5, 5.41) is 0. The molecule has 4 heavy (non-hydrogen) atoms. The molecule has 0 aromatic carbocycles. The molecule has 0 spiro atoms. The Labute approximate surface area is 77.4 Å². The van der Waals surface area contributed by atoms with Crippen molar-refractivity contribution in [2.24, 2.45) is 0 Å². The summed E-state index contributed by atoms with van der Waals surface area (Å²) in [6.45, 7) is 0. The fourth-order valence-corrected chi connectivity index (χ4v) is 0. The predicted molar refractivity (Wildman–Crippen MR) is 28.1 cm³/mol. The molecule has 0 unspecified atom stereocenters. The van der Waals surface area contributed by atoms with Gasteiger partial charge in [0.25, 0.3) is 0 Å². The van der Waals surface area contributed by atoms with Gasteiger partial charge in [0.15, 0.2) is 17.4 Å².